The van der Waals surface area contributed by atoms with Gasteiger partial charge in [-0.25, -0.2) is 4.79 Å². The molecule has 0 aromatic heterocycles. The van der Waals surface area contributed by atoms with Gasteiger partial charge in [0.2, 0.25) is 0 Å². The average Bonchev–Trinajstić information content (AvgIpc) is 2.66. The second-order valence-electron chi connectivity index (χ2n) is 7.05. The van der Waals surface area contributed by atoms with Crippen LogP contribution in [0.2, 0.25) is 0 Å². The molecule has 0 radical (unpaired) electrons. The third-order valence-corrected chi connectivity index (χ3v) is 4.57. The molecule has 0 spiro atoms. The number of carbonyl (C=O) groups excluding carboxylic acids is 1. The van der Waals surface area contributed by atoms with Gasteiger partial charge in [0.15, 0.2) is 0 Å². The van der Waals surface area contributed by atoms with Crippen LogP contribution in [-0.4, -0.2) is 19.2 Å². The van der Waals surface area contributed by atoms with Crippen molar-refractivity contribution in [2.45, 2.75) is 90.9 Å². The van der Waals surface area contributed by atoms with Crippen LogP contribution in [-0.2, 0) is 4.74 Å². The Morgan fingerprint density at radius 1 is 0.769 bits per heavy atom. The lowest BCUT2D eigenvalue weighted by Crippen LogP contribution is -2.07. The summed E-state index contributed by atoms with van der Waals surface area (Å²) in [6, 6.07) is 7.35. The van der Waals surface area contributed by atoms with E-state index in [9.17, 15) is 4.79 Å². The smallest absolute Gasteiger partial charge is 0.338 e. The van der Waals surface area contributed by atoms with E-state index in [2.05, 4.69) is 13.8 Å². The molecule has 1 rings (SSSR count). The Morgan fingerprint density at radius 2 is 1.35 bits per heavy atom. The average molecular weight is 363 g/mol. The molecule has 1 aromatic carbocycles. The van der Waals surface area contributed by atoms with Gasteiger partial charge in [0.05, 0.1) is 18.8 Å². The number of benzene rings is 1. The first-order chi connectivity index (χ1) is 12.8. The molecule has 0 saturated carbocycles. The Morgan fingerprint density at radius 3 is 2.00 bits per heavy atom. The van der Waals surface area contributed by atoms with Crippen molar-refractivity contribution in [3.8, 4) is 5.75 Å². The first kappa shape index (κ1) is 22.5. The number of esters is 1. The van der Waals surface area contributed by atoms with Crippen molar-refractivity contribution in [2.75, 3.05) is 13.2 Å². The fraction of sp³-hybridized carbons (Fsp3) is 0.696. The predicted octanol–water partition coefficient (Wildman–Crippen LogP) is 6.94. The van der Waals surface area contributed by atoms with Crippen molar-refractivity contribution in [3.63, 3.8) is 0 Å². The quantitative estimate of drug-likeness (QED) is 0.236. The third kappa shape index (κ3) is 11.2. The van der Waals surface area contributed by atoms with E-state index in [4.69, 9.17) is 9.47 Å². The summed E-state index contributed by atoms with van der Waals surface area (Å²) in [6.45, 7) is 5.66. The molecule has 0 fully saturated rings. The van der Waals surface area contributed by atoms with E-state index >= 15 is 0 Å². The number of hydrogen-bond donors (Lipinski definition) is 0. The minimum absolute atomic E-state index is 0.247. The molecule has 1 aromatic rings. The normalized spacial score (nSPS) is 10.7. The van der Waals surface area contributed by atoms with E-state index in [1.165, 1.54) is 57.8 Å². The topological polar surface area (TPSA) is 35.5 Å². The predicted molar refractivity (Wildman–Crippen MR) is 109 cm³/mol. The zero-order valence-electron chi connectivity index (χ0n) is 16.9. The van der Waals surface area contributed by atoms with Gasteiger partial charge in [-0.3, -0.25) is 0 Å². The summed E-state index contributed by atoms with van der Waals surface area (Å²) in [6.07, 6.45) is 14.6. The van der Waals surface area contributed by atoms with Gasteiger partial charge in [-0.1, -0.05) is 84.1 Å². The van der Waals surface area contributed by atoms with Crippen LogP contribution in [0.4, 0.5) is 0 Å². The van der Waals surface area contributed by atoms with Crippen molar-refractivity contribution in [2.24, 2.45) is 0 Å². The number of unbranched alkanes of at least 4 members (excludes halogenated alkanes) is 10. The first-order valence-corrected chi connectivity index (χ1v) is 10.7. The zero-order valence-corrected chi connectivity index (χ0v) is 16.9. The fourth-order valence-corrected chi connectivity index (χ4v) is 2.92. The fourth-order valence-electron chi connectivity index (χ4n) is 2.92. The summed E-state index contributed by atoms with van der Waals surface area (Å²) in [5.41, 5.74) is 0.580. The molecule has 3 heteroatoms. The zero-order chi connectivity index (χ0) is 18.9. The van der Waals surface area contributed by atoms with Crippen LogP contribution in [0.15, 0.2) is 24.3 Å². The lowest BCUT2D eigenvalue weighted by molar-refractivity contribution is 0.0497. The van der Waals surface area contributed by atoms with E-state index in [0.717, 1.165) is 25.0 Å². The number of ether oxygens (including phenoxy) is 2. The van der Waals surface area contributed by atoms with E-state index in [1.54, 1.807) is 12.1 Å². The number of carbonyl (C=O) groups is 1. The molecule has 0 unspecified atom stereocenters. The summed E-state index contributed by atoms with van der Waals surface area (Å²) >= 11 is 0. The molecule has 0 bridgehead atoms. The lowest BCUT2D eigenvalue weighted by Gasteiger charge is -2.08. The molecule has 148 valence electrons. The van der Waals surface area contributed by atoms with Gasteiger partial charge < -0.3 is 9.47 Å². The van der Waals surface area contributed by atoms with Crippen molar-refractivity contribution in [3.05, 3.63) is 29.8 Å². The van der Waals surface area contributed by atoms with Gasteiger partial charge >= 0.3 is 5.97 Å². The SMILES string of the molecule is CCCCCCCCOC(=O)c1cccc(OCCCCCCCC)c1. The van der Waals surface area contributed by atoms with E-state index in [1.807, 2.05) is 12.1 Å². The Hall–Kier alpha value is -1.51. The molecular weight excluding hydrogens is 324 g/mol. The van der Waals surface area contributed by atoms with E-state index in [-0.39, 0.29) is 5.97 Å². The molecule has 0 N–H and O–H groups in total. The first-order valence-electron chi connectivity index (χ1n) is 10.7. The summed E-state index contributed by atoms with van der Waals surface area (Å²) in [4.78, 5) is 12.1. The minimum atomic E-state index is -0.247. The molecule has 0 atom stereocenters. The monoisotopic (exact) mass is 362 g/mol. The van der Waals surface area contributed by atoms with Gasteiger partial charge in [0.25, 0.3) is 0 Å². The summed E-state index contributed by atoms with van der Waals surface area (Å²) < 4.78 is 11.2. The van der Waals surface area contributed by atoms with Gasteiger partial charge in [-0.2, -0.15) is 0 Å². The van der Waals surface area contributed by atoms with Crippen molar-refractivity contribution in [1.29, 1.82) is 0 Å². The largest absolute Gasteiger partial charge is 0.494 e. The molecule has 0 saturated heterocycles. The highest BCUT2D eigenvalue weighted by molar-refractivity contribution is 5.89. The van der Waals surface area contributed by atoms with Gasteiger partial charge in [0, 0.05) is 0 Å². The van der Waals surface area contributed by atoms with Crippen LogP contribution in [0.25, 0.3) is 0 Å². The molecule has 3 nitrogen and oxygen atoms in total. The van der Waals surface area contributed by atoms with E-state index < -0.39 is 0 Å². The molecular formula is C23H38O3. The van der Waals surface area contributed by atoms with Gasteiger partial charge in [0.1, 0.15) is 5.75 Å². The summed E-state index contributed by atoms with van der Waals surface area (Å²) in [5, 5.41) is 0. The van der Waals surface area contributed by atoms with Gasteiger partial charge in [-0.05, 0) is 31.0 Å². The van der Waals surface area contributed by atoms with Crippen LogP contribution < -0.4 is 4.74 Å². The second-order valence-corrected chi connectivity index (χ2v) is 7.05. The highest BCUT2D eigenvalue weighted by Gasteiger charge is 2.08. The Bertz CT molecular complexity index is 470. The summed E-state index contributed by atoms with van der Waals surface area (Å²) in [5.74, 6) is 0.510. The van der Waals surface area contributed by atoms with Crippen LogP contribution in [0, 0.1) is 0 Å². The second kappa shape index (κ2) is 15.7. The lowest BCUT2D eigenvalue weighted by atomic mass is 10.1. The molecule has 0 aliphatic carbocycles. The molecule has 0 amide bonds. The maximum Gasteiger partial charge on any atom is 0.338 e. The maximum absolute atomic E-state index is 12.1. The van der Waals surface area contributed by atoms with Crippen molar-refractivity contribution >= 4 is 5.97 Å². The third-order valence-electron chi connectivity index (χ3n) is 4.57. The van der Waals surface area contributed by atoms with Crippen molar-refractivity contribution in [1.82, 2.24) is 0 Å². The Labute approximate surface area is 160 Å². The van der Waals surface area contributed by atoms with Gasteiger partial charge in [-0.15, -0.1) is 0 Å². The Balaban J connectivity index is 2.18. The van der Waals surface area contributed by atoms with Crippen LogP contribution >= 0.6 is 0 Å². The standard InChI is InChI=1S/C23H38O3/c1-3-5-7-9-11-13-18-25-22-17-15-16-21(20-22)23(24)26-19-14-12-10-8-6-4-2/h15-17,20H,3-14,18-19H2,1-2H3. The minimum Gasteiger partial charge on any atom is -0.494 e. The highest BCUT2D eigenvalue weighted by atomic mass is 16.5. The summed E-state index contributed by atoms with van der Waals surface area (Å²) in [7, 11) is 0. The molecule has 0 aliphatic rings. The van der Waals surface area contributed by atoms with Crippen LogP contribution in [0.3, 0.4) is 0 Å². The molecule has 26 heavy (non-hydrogen) atoms. The van der Waals surface area contributed by atoms with Crippen LogP contribution in [0.1, 0.15) is 101 Å². The highest BCUT2D eigenvalue weighted by Crippen LogP contribution is 2.15. The molecule has 0 aliphatic heterocycles. The Kier molecular flexibility index (Phi) is 13.6. The van der Waals surface area contributed by atoms with E-state index in [0.29, 0.717) is 18.8 Å². The molecule has 0 heterocycles. The van der Waals surface area contributed by atoms with Crippen LogP contribution in [0.5, 0.6) is 5.75 Å². The number of hydrogen-bond acceptors (Lipinski definition) is 3. The maximum atomic E-state index is 12.1. The van der Waals surface area contributed by atoms with Crippen molar-refractivity contribution < 1.29 is 14.3 Å². The number of rotatable bonds is 16.